The largest absolute Gasteiger partial charge is 0.502 e. The summed E-state index contributed by atoms with van der Waals surface area (Å²) in [5.74, 6) is -0.563. The highest BCUT2D eigenvalue weighted by atomic mass is 32.2. The number of benzene rings is 1. The maximum atomic E-state index is 12.1. The van der Waals surface area contributed by atoms with E-state index in [9.17, 15) is 23.6 Å². The number of aromatic hydroxyl groups is 1. The summed E-state index contributed by atoms with van der Waals surface area (Å²) in [5, 5.41) is 21.6. The molecule has 0 aromatic heterocycles. The van der Waals surface area contributed by atoms with E-state index in [2.05, 4.69) is 4.83 Å². The first-order valence-electron chi connectivity index (χ1n) is 6.15. The number of hydrogen-bond acceptors (Lipinski definition) is 6. The second-order valence-electron chi connectivity index (χ2n) is 4.55. The maximum Gasteiger partial charge on any atom is 0.312 e. The van der Waals surface area contributed by atoms with Gasteiger partial charge in [0.2, 0.25) is 0 Å². The third-order valence-corrected chi connectivity index (χ3v) is 4.43. The van der Waals surface area contributed by atoms with E-state index in [0.29, 0.717) is 13.1 Å². The Hall–Kier alpha value is -1.71. The average Bonchev–Trinajstić information content (AvgIpc) is 2.39. The van der Waals surface area contributed by atoms with Gasteiger partial charge in [0.25, 0.3) is 10.0 Å². The number of nitrogens with zero attached hydrogens (tertiary/aromatic N) is 2. The van der Waals surface area contributed by atoms with Crippen molar-refractivity contribution >= 4 is 15.7 Å². The SMILES string of the molecule is O=[N+]([O-])c1cc(S(=O)(=O)NN2CCCCC2)ccc1O. The lowest BCUT2D eigenvalue weighted by molar-refractivity contribution is -0.386. The zero-order valence-electron chi connectivity index (χ0n) is 10.7. The van der Waals surface area contributed by atoms with E-state index in [-0.39, 0.29) is 4.90 Å². The molecule has 1 aromatic carbocycles. The molecule has 0 unspecified atom stereocenters. The molecule has 1 aliphatic rings. The van der Waals surface area contributed by atoms with Gasteiger partial charge in [0.15, 0.2) is 5.75 Å². The smallest absolute Gasteiger partial charge is 0.312 e. The minimum absolute atomic E-state index is 0.243. The standard InChI is InChI=1S/C11H15N3O5S/c15-11-5-4-9(8-10(11)14(16)17)20(18,19)12-13-6-2-1-3-7-13/h4-5,8,12,15H,1-3,6-7H2. The number of sulfonamides is 1. The fourth-order valence-electron chi connectivity index (χ4n) is 2.02. The fraction of sp³-hybridized carbons (Fsp3) is 0.455. The topological polar surface area (TPSA) is 113 Å². The molecule has 9 heteroatoms. The molecule has 110 valence electrons. The van der Waals surface area contributed by atoms with Gasteiger partial charge >= 0.3 is 5.69 Å². The van der Waals surface area contributed by atoms with Crippen molar-refractivity contribution in [2.45, 2.75) is 24.2 Å². The van der Waals surface area contributed by atoms with Crippen LogP contribution < -0.4 is 4.83 Å². The van der Waals surface area contributed by atoms with E-state index >= 15 is 0 Å². The lowest BCUT2D eigenvalue weighted by atomic mass is 10.2. The second-order valence-corrected chi connectivity index (χ2v) is 6.21. The summed E-state index contributed by atoms with van der Waals surface area (Å²) >= 11 is 0. The van der Waals surface area contributed by atoms with Gasteiger partial charge in [0.1, 0.15) is 0 Å². The van der Waals surface area contributed by atoms with Crippen LogP contribution in [0, 0.1) is 10.1 Å². The van der Waals surface area contributed by atoms with E-state index in [1.807, 2.05) is 0 Å². The minimum Gasteiger partial charge on any atom is -0.502 e. The van der Waals surface area contributed by atoms with Crippen LogP contribution >= 0.6 is 0 Å². The Kier molecular flexibility index (Phi) is 4.21. The summed E-state index contributed by atoms with van der Waals surface area (Å²) in [4.78, 5) is 12.0. The third-order valence-electron chi connectivity index (χ3n) is 3.06. The van der Waals surface area contributed by atoms with E-state index in [0.717, 1.165) is 37.5 Å². The minimum atomic E-state index is -3.87. The Morgan fingerprint density at radius 3 is 2.50 bits per heavy atom. The van der Waals surface area contributed by atoms with Crippen molar-refractivity contribution in [3.05, 3.63) is 28.3 Å². The summed E-state index contributed by atoms with van der Waals surface area (Å²) < 4.78 is 24.3. The number of rotatable bonds is 4. The van der Waals surface area contributed by atoms with Crippen LogP contribution in [0.5, 0.6) is 5.75 Å². The molecule has 2 rings (SSSR count). The first-order chi connectivity index (χ1) is 9.40. The van der Waals surface area contributed by atoms with Crippen molar-refractivity contribution < 1.29 is 18.4 Å². The van der Waals surface area contributed by atoms with Crippen molar-refractivity contribution in [1.29, 1.82) is 0 Å². The molecular formula is C11H15N3O5S. The molecule has 8 nitrogen and oxygen atoms in total. The molecule has 0 aliphatic carbocycles. The molecule has 0 radical (unpaired) electrons. The van der Waals surface area contributed by atoms with Gasteiger partial charge in [-0.3, -0.25) is 10.1 Å². The lowest BCUT2D eigenvalue weighted by Crippen LogP contribution is -2.44. The van der Waals surface area contributed by atoms with Crippen LogP contribution in [-0.4, -0.2) is 36.5 Å². The van der Waals surface area contributed by atoms with Crippen LogP contribution in [0.1, 0.15) is 19.3 Å². The van der Waals surface area contributed by atoms with Crippen molar-refractivity contribution in [3.63, 3.8) is 0 Å². The Labute approximate surface area is 116 Å². The highest BCUT2D eigenvalue weighted by Crippen LogP contribution is 2.28. The molecule has 1 aliphatic heterocycles. The molecule has 1 heterocycles. The van der Waals surface area contributed by atoms with Crippen molar-refractivity contribution in [3.8, 4) is 5.75 Å². The van der Waals surface area contributed by atoms with Crippen LogP contribution in [0.3, 0.4) is 0 Å². The van der Waals surface area contributed by atoms with E-state index in [1.165, 1.54) is 0 Å². The zero-order chi connectivity index (χ0) is 14.8. The first kappa shape index (κ1) is 14.7. The van der Waals surface area contributed by atoms with Crippen molar-refractivity contribution in [1.82, 2.24) is 9.84 Å². The van der Waals surface area contributed by atoms with Gasteiger partial charge in [-0.05, 0) is 25.0 Å². The van der Waals surface area contributed by atoms with Gasteiger partial charge in [-0.2, -0.15) is 0 Å². The zero-order valence-corrected chi connectivity index (χ0v) is 11.5. The molecule has 0 spiro atoms. The van der Waals surface area contributed by atoms with E-state index in [1.54, 1.807) is 5.01 Å². The van der Waals surface area contributed by atoms with Crippen LogP contribution in [0.15, 0.2) is 23.1 Å². The average molecular weight is 301 g/mol. The Balaban J connectivity index is 2.24. The fourth-order valence-corrected chi connectivity index (χ4v) is 3.17. The number of hydrogen-bond donors (Lipinski definition) is 2. The predicted octanol–water partition coefficient (Wildman–Crippen LogP) is 0.980. The summed E-state index contributed by atoms with van der Waals surface area (Å²) in [5.41, 5.74) is -0.633. The number of phenolic OH excluding ortho intramolecular Hbond substituents is 1. The monoisotopic (exact) mass is 301 g/mol. The van der Waals surface area contributed by atoms with Gasteiger partial charge in [0, 0.05) is 19.2 Å². The van der Waals surface area contributed by atoms with Crippen LogP contribution in [0.25, 0.3) is 0 Å². The summed E-state index contributed by atoms with van der Waals surface area (Å²) in [6.45, 7) is 1.22. The third kappa shape index (κ3) is 3.24. The highest BCUT2D eigenvalue weighted by Gasteiger charge is 2.23. The molecule has 1 fully saturated rings. The normalized spacial score (nSPS) is 17.0. The molecule has 0 amide bonds. The van der Waals surface area contributed by atoms with Gasteiger partial charge in [-0.15, -0.1) is 4.83 Å². The first-order valence-corrected chi connectivity index (χ1v) is 7.63. The Morgan fingerprint density at radius 2 is 1.90 bits per heavy atom. The van der Waals surface area contributed by atoms with Crippen molar-refractivity contribution in [2.24, 2.45) is 0 Å². The lowest BCUT2D eigenvalue weighted by Gasteiger charge is -2.26. The second kappa shape index (κ2) is 5.73. The number of nitro benzene ring substituents is 1. The Morgan fingerprint density at radius 1 is 1.25 bits per heavy atom. The highest BCUT2D eigenvalue weighted by molar-refractivity contribution is 7.89. The molecule has 20 heavy (non-hydrogen) atoms. The number of nitrogens with one attached hydrogen (secondary N) is 1. The molecule has 1 saturated heterocycles. The summed E-state index contributed by atoms with van der Waals surface area (Å²) in [7, 11) is -3.87. The summed E-state index contributed by atoms with van der Waals surface area (Å²) in [6, 6.07) is 2.99. The number of hydrazine groups is 1. The van der Waals surface area contributed by atoms with Gasteiger partial charge in [-0.25, -0.2) is 13.4 Å². The predicted molar refractivity (Wildman–Crippen MR) is 70.5 cm³/mol. The van der Waals surface area contributed by atoms with Crippen molar-refractivity contribution in [2.75, 3.05) is 13.1 Å². The van der Waals surface area contributed by atoms with Gasteiger partial charge in [-0.1, -0.05) is 6.42 Å². The molecule has 1 aromatic rings. The Bertz CT molecular complexity index is 610. The molecule has 0 atom stereocenters. The molecule has 2 N–H and O–H groups in total. The van der Waals surface area contributed by atoms with Gasteiger partial charge in [0.05, 0.1) is 9.82 Å². The van der Waals surface area contributed by atoms with Crippen LogP contribution in [-0.2, 0) is 10.0 Å². The maximum absolute atomic E-state index is 12.1. The molecule has 0 bridgehead atoms. The molecular weight excluding hydrogens is 286 g/mol. The van der Waals surface area contributed by atoms with Crippen LogP contribution in [0.2, 0.25) is 0 Å². The number of nitro groups is 1. The van der Waals surface area contributed by atoms with Gasteiger partial charge < -0.3 is 5.11 Å². The van der Waals surface area contributed by atoms with E-state index in [4.69, 9.17) is 0 Å². The summed E-state index contributed by atoms with van der Waals surface area (Å²) in [6.07, 6.45) is 2.86. The van der Waals surface area contributed by atoms with E-state index < -0.39 is 26.4 Å². The molecule has 0 saturated carbocycles. The number of phenols is 1. The van der Waals surface area contributed by atoms with Crippen LogP contribution in [0.4, 0.5) is 5.69 Å². The number of piperidine rings is 1. The quantitative estimate of drug-likeness (QED) is 0.633.